The minimum Gasteiger partial charge on any atom is -0.359 e. The summed E-state index contributed by atoms with van der Waals surface area (Å²) in [6, 6.07) is 2.96. The maximum Gasteiger partial charge on any atom is 0.133 e. The number of anilines is 1. The molecule has 1 heterocycles. The zero-order valence-electron chi connectivity index (χ0n) is 13.2. The molecule has 20 heavy (non-hydrogen) atoms. The minimum atomic E-state index is 0.748. The highest BCUT2D eigenvalue weighted by Crippen LogP contribution is 2.39. The third-order valence-corrected chi connectivity index (χ3v) is 4.74. The lowest BCUT2D eigenvalue weighted by Gasteiger charge is -2.23. The van der Waals surface area contributed by atoms with Crippen molar-refractivity contribution in [2.75, 3.05) is 18.5 Å². The third-order valence-electron chi connectivity index (χ3n) is 4.74. The topological polar surface area (TPSA) is 28.2 Å². The van der Waals surface area contributed by atoms with Gasteiger partial charge in [-0.05, 0) is 56.6 Å². The molecular formula is C17H27N3. The monoisotopic (exact) mass is 273 g/mol. The summed E-state index contributed by atoms with van der Waals surface area (Å²) in [7, 11) is 2.20. The van der Waals surface area contributed by atoms with Crippen molar-refractivity contribution in [1.29, 1.82) is 0 Å². The van der Waals surface area contributed by atoms with Gasteiger partial charge in [0.25, 0.3) is 0 Å². The van der Waals surface area contributed by atoms with Gasteiger partial charge in [-0.15, -0.1) is 0 Å². The molecule has 3 rings (SSSR count). The van der Waals surface area contributed by atoms with Crippen molar-refractivity contribution in [1.82, 2.24) is 10.3 Å². The highest BCUT2D eigenvalue weighted by Gasteiger charge is 2.34. The van der Waals surface area contributed by atoms with Crippen LogP contribution in [0.5, 0.6) is 0 Å². The number of hydrogen-bond donors (Lipinski definition) is 1. The van der Waals surface area contributed by atoms with Crippen molar-refractivity contribution >= 4 is 5.82 Å². The van der Waals surface area contributed by atoms with E-state index in [-0.39, 0.29) is 0 Å². The normalized spacial score (nSPS) is 24.8. The van der Waals surface area contributed by atoms with Gasteiger partial charge in [0.05, 0.1) is 0 Å². The Bertz CT molecular complexity index is 493. The van der Waals surface area contributed by atoms with E-state index in [4.69, 9.17) is 4.98 Å². The number of aryl methyl sites for hydroxylation is 2. The maximum atomic E-state index is 4.82. The number of nitrogens with one attached hydrogen (secondary N) is 1. The van der Waals surface area contributed by atoms with Crippen LogP contribution in [0.25, 0.3) is 0 Å². The molecule has 2 aliphatic carbocycles. The van der Waals surface area contributed by atoms with Crippen LogP contribution in [0.2, 0.25) is 0 Å². The van der Waals surface area contributed by atoms with Crippen molar-refractivity contribution in [3.8, 4) is 0 Å². The molecule has 0 amide bonds. The maximum absolute atomic E-state index is 4.82. The molecule has 0 saturated heterocycles. The van der Waals surface area contributed by atoms with Crippen LogP contribution in [0.3, 0.4) is 0 Å². The number of rotatable bonds is 6. The second-order valence-electron chi connectivity index (χ2n) is 6.89. The van der Waals surface area contributed by atoms with Gasteiger partial charge in [0.1, 0.15) is 5.82 Å². The Morgan fingerprint density at radius 2 is 2.05 bits per heavy atom. The van der Waals surface area contributed by atoms with E-state index in [1.807, 2.05) is 0 Å². The molecule has 0 aliphatic heterocycles. The number of hydrogen-bond acceptors (Lipinski definition) is 3. The molecule has 1 aromatic rings. The fourth-order valence-electron chi connectivity index (χ4n) is 3.00. The molecule has 0 bridgehead atoms. The Morgan fingerprint density at radius 1 is 1.35 bits per heavy atom. The first kappa shape index (κ1) is 13.9. The summed E-state index contributed by atoms with van der Waals surface area (Å²) in [6.07, 6.45) is 4.05. The van der Waals surface area contributed by atoms with E-state index in [0.717, 1.165) is 36.7 Å². The molecule has 1 N–H and O–H groups in total. The quantitative estimate of drug-likeness (QED) is 0.863. The van der Waals surface area contributed by atoms with Gasteiger partial charge in [0.2, 0.25) is 0 Å². The Labute approximate surface area is 122 Å². The second kappa shape index (κ2) is 5.36. The number of aromatic nitrogens is 1. The van der Waals surface area contributed by atoms with Crippen LogP contribution in [0.1, 0.15) is 43.0 Å². The lowest BCUT2D eigenvalue weighted by atomic mass is 10.1. The summed E-state index contributed by atoms with van der Waals surface area (Å²) in [4.78, 5) is 7.20. The lowest BCUT2D eigenvalue weighted by molar-refractivity contribution is 0.671. The largest absolute Gasteiger partial charge is 0.359 e. The van der Waals surface area contributed by atoms with Crippen LogP contribution in [0, 0.1) is 25.7 Å². The molecular weight excluding hydrogens is 246 g/mol. The van der Waals surface area contributed by atoms with Gasteiger partial charge in [0, 0.05) is 37.4 Å². The fourth-order valence-corrected chi connectivity index (χ4v) is 3.00. The molecule has 2 aliphatic rings. The second-order valence-corrected chi connectivity index (χ2v) is 6.89. The summed E-state index contributed by atoms with van der Waals surface area (Å²) in [5.41, 5.74) is 3.89. The Balaban J connectivity index is 1.77. The average Bonchev–Trinajstić information content (AvgIpc) is 3.27. The van der Waals surface area contributed by atoms with Crippen molar-refractivity contribution in [2.45, 2.75) is 52.6 Å². The van der Waals surface area contributed by atoms with Gasteiger partial charge in [-0.25, -0.2) is 4.98 Å². The van der Waals surface area contributed by atoms with Crippen LogP contribution in [0.15, 0.2) is 6.07 Å². The van der Waals surface area contributed by atoms with Crippen LogP contribution in [-0.2, 0) is 6.54 Å². The molecule has 1 aromatic heterocycles. The third kappa shape index (κ3) is 3.14. The summed E-state index contributed by atoms with van der Waals surface area (Å²) in [5, 5.41) is 3.64. The van der Waals surface area contributed by atoms with Crippen molar-refractivity contribution in [2.24, 2.45) is 11.8 Å². The molecule has 2 unspecified atom stereocenters. The highest BCUT2D eigenvalue weighted by molar-refractivity contribution is 5.51. The van der Waals surface area contributed by atoms with Crippen LogP contribution in [0.4, 0.5) is 5.82 Å². The van der Waals surface area contributed by atoms with Gasteiger partial charge in [-0.1, -0.05) is 6.92 Å². The van der Waals surface area contributed by atoms with E-state index in [9.17, 15) is 0 Å². The summed E-state index contributed by atoms with van der Waals surface area (Å²) < 4.78 is 0. The van der Waals surface area contributed by atoms with Gasteiger partial charge in [-0.2, -0.15) is 0 Å². The molecule has 2 fully saturated rings. The van der Waals surface area contributed by atoms with E-state index >= 15 is 0 Å². The molecule has 0 radical (unpaired) electrons. The molecule has 2 atom stereocenters. The summed E-state index contributed by atoms with van der Waals surface area (Å²) in [6.45, 7) is 8.78. The molecule has 3 heteroatoms. The fraction of sp³-hybridized carbons (Fsp3) is 0.706. The Hall–Kier alpha value is -1.09. The van der Waals surface area contributed by atoms with Gasteiger partial charge < -0.3 is 10.2 Å². The predicted octanol–water partition coefficient (Wildman–Crippen LogP) is 3.04. The van der Waals surface area contributed by atoms with E-state index in [1.165, 1.54) is 36.2 Å². The zero-order valence-corrected chi connectivity index (χ0v) is 13.2. The summed E-state index contributed by atoms with van der Waals surface area (Å²) in [5.74, 6) is 2.96. The standard InChI is InChI=1S/C17H27N3/c1-11-8-14(11)10-20(4)17-16(9-18-15-5-6-15)12(2)7-13(3)19-17/h7,11,14-15,18H,5-6,8-10H2,1-4H3. The van der Waals surface area contributed by atoms with E-state index < -0.39 is 0 Å². The minimum absolute atomic E-state index is 0.748. The highest BCUT2D eigenvalue weighted by atomic mass is 15.2. The Kier molecular flexibility index (Phi) is 3.72. The molecule has 2 saturated carbocycles. The van der Waals surface area contributed by atoms with E-state index in [2.05, 4.69) is 44.1 Å². The molecule has 0 aromatic carbocycles. The first-order valence-electron chi connectivity index (χ1n) is 7.96. The first-order valence-corrected chi connectivity index (χ1v) is 7.96. The van der Waals surface area contributed by atoms with E-state index in [1.54, 1.807) is 0 Å². The zero-order chi connectivity index (χ0) is 14.3. The molecule has 110 valence electrons. The number of nitrogens with zero attached hydrogens (tertiary/aromatic N) is 2. The van der Waals surface area contributed by atoms with Crippen LogP contribution < -0.4 is 10.2 Å². The van der Waals surface area contributed by atoms with Gasteiger partial charge >= 0.3 is 0 Å². The molecule has 3 nitrogen and oxygen atoms in total. The SMILES string of the molecule is Cc1cc(C)c(CNC2CC2)c(N(C)CC2CC2C)n1. The first-order chi connectivity index (χ1) is 9.54. The smallest absolute Gasteiger partial charge is 0.133 e. The Morgan fingerprint density at radius 3 is 2.65 bits per heavy atom. The van der Waals surface area contributed by atoms with Gasteiger partial charge in [0.15, 0.2) is 0 Å². The lowest BCUT2D eigenvalue weighted by Crippen LogP contribution is -2.26. The van der Waals surface area contributed by atoms with Gasteiger partial charge in [-0.3, -0.25) is 0 Å². The van der Waals surface area contributed by atoms with Crippen molar-refractivity contribution in [3.63, 3.8) is 0 Å². The summed E-state index contributed by atoms with van der Waals surface area (Å²) >= 11 is 0. The number of pyridine rings is 1. The van der Waals surface area contributed by atoms with Crippen molar-refractivity contribution in [3.05, 3.63) is 22.9 Å². The van der Waals surface area contributed by atoms with Crippen LogP contribution >= 0.6 is 0 Å². The van der Waals surface area contributed by atoms with E-state index in [0.29, 0.717) is 0 Å². The average molecular weight is 273 g/mol. The molecule has 0 spiro atoms. The van der Waals surface area contributed by atoms with Crippen LogP contribution in [-0.4, -0.2) is 24.6 Å². The predicted molar refractivity (Wildman–Crippen MR) is 84.1 cm³/mol. The van der Waals surface area contributed by atoms with Crippen molar-refractivity contribution < 1.29 is 0 Å².